The molecule has 6 nitrogen and oxygen atoms in total. The summed E-state index contributed by atoms with van der Waals surface area (Å²) in [5, 5.41) is 12.0. The lowest BCUT2D eigenvalue weighted by Gasteiger charge is -2.27. The van der Waals surface area contributed by atoms with Gasteiger partial charge >= 0.3 is 0 Å². The molecule has 2 aromatic carbocycles. The molecule has 1 amide bonds. The summed E-state index contributed by atoms with van der Waals surface area (Å²) in [6.07, 6.45) is 2.35. The Hall–Kier alpha value is -3.56. The van der Waals surface area contributed by atoms with Crippen molar-refractivity contribution >= 4 is 11.6 Å². The van der Waals surface area contributed by atoms with Gasteiger partial charge < -0.3 is 19.4 Å². The minimum atomic E-state index is -0.0718. The number of carbonyl (C=O) groups is 1. The largest absolute Gasteiger partial charge is 0.491 e. The molecule has 1 aliphatic heterocycles. The normalized spacial score (nSPS) is 15.3. The average Bonchev–Trinajstić information content (AvgIpc) is 3.23. The quantitative estimate of drug-likeness (QED) is 0.652. The van der Waals surface area contributed by atoms with Gasteiger partial charge in [0.25, 0.3) is 0 Å². The van der Waals surface area contributed by atoms with Crippen molar-refractivity contribution in [1.82, 2.24) is 4.57 Å². The molecule has 0 saturated carbocycles. The zero-order valence-corrected chi connectivity index (χ0v) is 16.1. The van der Waals surface area contributed by atoms with Crippen molar-refractivity contribution in [1.29, 1.82) is 5.26 Å². The summed E-state index contributed by atoms with van der Waals surface area (Å²) in [7, 11) is 1.63. The fourth-order valence-electron chi connectivity index (χ4n) is 3.65. The Morgan fingerprint density at radius 3 is 2.76 bits per heavy atom. The third-order valence-corrected chi connectivity index (χ3v) is 5.03. The molecule has 1 N–H and O–H groups in total. The zero-order valence-electron chi connectivity index (χ0n) is 16.1. The first-order chi connectivity index (χ1) is 14.2. The molecule has 6 heteroatoms. The van der Waals surface area contributed by atoms with Gasteiger partial charge in [0, 0.05) is 48.8 Å². The van der Waals surface area contributed by atoms with Gasteiger partial charge in [0.05, 0.1) is 18.2 Å². The van der Waals surface area contributed by atoms with Crippen LogP contribution in [0.25, 0.3) is 5.69 Å². The SMILES string of the molecule is COCCOc1ccc2c(c1)NC(=O)CC2c1cccn1-c1ccc(C#N)cc1. The highest BCUT2D eigenvalue weighted by Crippen LogP contribution is 2.39. The molecule has 1 atom stereocenters. The van der Waals surface area contributed by atoms with Crippen molar-refractivity contribution in [2.24, 2.45) is 0 Å². The van der Waals surface area contributed by atoms with Crippen LogP contribution in [0.2, 0.25) is 0 Å². The number of nitrogens with zero attached hydrogens (tertiary/aromatic N) is 2. The van der Waals surface area contributed by atoms with E-state index in [0.29, 0.717) is 30.9 Å². The highest BCUT2D eigenvalue weighted by molar-refractivity contribution is 5.95. The summed E-state index contributed by atoms with van der Waals surface area (Å²) in [6.45, 7) is 0.957. The zero-order chi connectivity index (χ0) is 20.2. The summed E-state index contributed by atoms with van der Waals surface area (Å²) in [6, 6.07) is 19.4. The lowest BCUT2D eigenvalue weighted by molar-refractivity contribution is -0.116. The van der Waals surface area contributed by atoms with Crippen LogP contribution in [0.15, 0.2) is 60.8 Å². The second kappa shape index (κ2) is 8.21. The molecule has 1 aliphatic rings. The average molecular weight is 387 g/mol. The number of nitriles is 1. The Labute approximate surface area is 169 Å². The summed E-state index contributed by atoms with van der Waals surface area (Å²) in [5.74, 6) is 0.603. The molecule has 29 heavy (non-hydrogen) atoms. The van der Waals surface area contributed by atoms with Crippen LogP contribution in [0.4, 0.5) is 5.69 Å². The Bertz CT molecular complexity index is 1060. The van der Waals surface area contributed by atoms with Crippen molar-refractivity contribution in [2.75, 3.05) is 25.6 Å². The summed E-state index contributed by atoms with van der Waals surface area (Å²) >= 11 is 0. The van der Waals surface area contributed by atoms with Gasteiger partial charge in [-0.25, -0.2) is 0 Å². The first-order valence-corrected chi connectivity index (χ1v) is 9.43. The molecule has 3 aromatic rings. The first kappa shape index (κ1) is 18.8. The molecule has 146 valence electrons. The van der Waals surface area contributed by atoms with Gasteiger partial charge in [-0.2, -0.15) is 5.26 Å². The van der Waals surface area contributed by atoms with Gasteiger partial charge in [-0.3, -0.25) is 4.79 Å². The van der Waals surface area contributed by atoms with E-state index in [1.165, 1.54) is 0 Å². The van der Waals surface area contributed by atoms with Gasteiger partial charge in [0.1, 0.15) is 12.4 Å². The maximum absolute atomic E-state index is 12.4. The van der Waals surface area contributed by atoms with E-state index in [2.05, 4.69) is 16.0 Å². The second-order valence-electron chi connectivity index (χ2n) is 6.86. The number of rotatable bonds is 6. The standard InChI is InChI=1S/C23H21N3O3/c1-28-11-12-29-18-8-9-19-20(14-23(27)25-21(19)13-18)22-3-2-10-26(22)17-6-4-16(15-24)5-7-17/h2-10,13,20H,11-12,14H2,1H3,(H,25,27). The smallest absolute Gasteiger partial charge is 0.225 e. The Balaban J connectivity index is 1.68. The molecule has 0 radical (unpaired) electrons. The van der Waals surface area contributed by atoms with Gasteiger partial charge in [0.2, 0.25) is 5.91 Å². The van der Waals surface area contributed by atoms with Crippen LogP contribution in [-0.4, -0.2) is 30.8 Å². The minimum Gasteiger partial charge on any atom is -0.491 e. The van der Waals surface area contributed by atoms with Crippen molar-refractivity contribution in [2.45, 2.75) is 12.3 Å². The molecular formula is C23H21N3O3. The van der Waals surface area contributed by atoms with E-state index in [1.54, 1.807) is 19.2 Å². The lowest BCUT2D eigenvalue weighted by Crippen LogP contribution is -2.24. The van der Waals surface area contributed by atoms with Crippen LogP contribution >= 0.6 is 0 Å². The van der Waals surface area contributed by atoms with Crippen molar-refractivity contribution in [3.63, 3.8) is 0 Å². The predicted molar refractivity (Wildman–Crippen MR) is 109 cm³/mol. The predicted octanol–water partition coefficient (Wildman–Crippen LogP) is 3.85. The number of ether oxygens (including phenoxy) is 2. The van der Waals surface area contributed by atoms with Gasteiger partial charge in [0.15, 0.2) is 0 Å². The van der Waals surface area contributed by atoms with Crippen molar-refractivity contribution < 1.29 is 14.3 Å². The Morgan fingerprint density at radius 2 is 2.00 bits per heavy atom. The fraction of sp³-hybridized carbons (Fsp3) is 0.217. The number of amides is 1. The van der Waals surface area contributed by atoms with Crippen molar-refractivity contribution in [3.8, 4) is 17.5 Å². The molecule has 2 heterocycles. The molecule has 0 spiro atoms. The van der Waals surface area contributed by atoms with Crippen LogP contribution in [0.3, 0.4) is 0 Å². The third-order valence-electron chi connectivity index (χ3n) is 5.03. The van der Waals surface area contributed by atoms with Gasteiger partial charge in [-0.05, 0) is 48.0 Å². The van der Waals surface area contributed by atoms with E-state index >= 15 is 0 Å². The number of methoxy groups -OCH3 is 1. The minimum absolute atomic E-state index is 0.0240. The number of anilines is 1. The number of carbonyl (C=O) groups excluding carboxylic acids is 1. The summed E-state index contributed by atoms with van der Waals surface area (Å²) in [5.41, 5.74) is 4.42. The van der Waals surface area contributed by atoms with E-state index in [9.17, 15) is 4.79 Å². The summed E-state index contributed by atoms with van der Waals surface area (Å²) in [4.78, 5) is 12.4. The molecule has 0 aliphatic carbocycles. The number of benzene rings is 2. The number of hydrogen-bond acceptors (Lipinski definition) is 4. The molecule has 0 bridgehead atoms. The Kier molecular flexibility index (Phi) is 5.32. The summed E-state index contributed by atoms with van der Waals surface area (Å²) < 4.78 is 12.8. The van der Waals surface area contributed by atoms with Crippen LogP contribution in [0.1, 0.15) is 29.2 Å². The number of hydrogen-bond donors (Lipinski definition) is 1. The molecule has 0 fully saturated rings. The topological polar surface area (TPSA) is 76.3 Å². The number of fused-ring (bicyclic) bond motifs is 1. The fourth-order valence-corrected chi connectivity index (χ4v) is 3.65. The van der Waals surface area contributed by atoms with E-state index in [-0.39, 0.29) is 11.8 Å². The molecule has 4 rings (SSSR count). The second-order valence-corrected chi connectivity index (χ2v) is 6.86. The van der Waals surface area contributed by atoms with Crippen LogP contribution in [-0.2, 0) is 9.53 Å². The molecule has 1 aromatic heterocycles. The molecular weight excluding hydrogens is 366 g/mol. The number of nitrogens with one attached hydrogen (secondary N) is 1. The van der Waals surface area contributed by atoms with E-state index < -0.39 is 0 Å². The van der Waals surface area contributed by atoms with Crippen LogP contribution in [0.5, 0.6) is 5.75 Å². The molecule has 0 saturated heterocycles. The molecule has 1 unspecified atom stereocenters. The highest BCUT2D eigenvalue weighted by atomic mass is 16.5. The maximum Gasteiger partial charge on any atom is 0.225 e. The van der Waals surface area contributed by atoms with E-state index in [4.69, 9.17) is 14.7 Å². The van der Waals surface area contributed by atoms with E-state index in [1.807, 2.05) is 48.7 Å². The third kappa shape index (κ3) is 3.86. The highest BCUT2D eigenvalue weighted by Gasteiger charge is 2.29. The van der Waals surface area contributed by atoms with Gasteiger partial charge in [-0.15, -0.1) is 0 Å². The van der Waals surface area contributed by atoms with Crippen molar-refractivity contribution in [3.05, 3.63) is 77.6 Å². The maximum atomic E-state index is 12.4. The monoisotopic (exact) mass is 387 g/mol. The van der Waals surface area contributed by atoms with Gasteiger partial charge in [-0.1, -0.05) is 6.07 Å². The number of aromatic nitrogens is 1. The van der Waals surface area contributed by atoms with E-state index in [0.717, 1.165) is 22.6 Å². The first-order valence-electron chi connectivity index (χ1n) is 9.43. The lowest BCUT2D eigenvalue weighted by atomic mass is 9.87. The Morgan fingerprint density at radius 1 is 1.17 bits per heavy atom. The van der Waals surface area contributed by atoms with Crippen LogP contribution in [0, 0.1) is 11.3 Å². The van der Waals surface area contributed by atoms with Crippen LogP contribution < -0.4 is 10.1 Å².